The smallest absolute Gasteiger partial charge is 0.274 e. The third-order valence-electron chi connectivity index (χ3n) is 5.76. The van der Waals surface area contributed by atoms with Gasteiger partial charge in [-0.3, -0.25) is 14.8 Å². The first-order valence-electron chi connectivity index (χ1n) is 11.0. The van der Waals surface area contributed by atoms with E-state index < -0.39 is 5.91 Å². The highest BCUT2D eigenvalue weighted by molar-refractivity contribution is 7.23. The summed E-state index contributed by atoms with van der Waals surface area (Å²) in [6, 6.07) is 12.6. The first kappa shape index (κ1) is 23.3. The van der Waals surface area contributed by atoms with E-state index in [0.29, 0.717) is 22.2 Å². The van der Waals surface area contributed by atoms with E-state index in [1.807, 2.05) is 6.92 Å². The maximum Gasteiger partial charge on any atom is 0.274 e. The third kappa shape index (κ3) is 5.00. The van der Waals surface area contributed by atoms with Crippen molar-refractivity contribution in [1.82, 2.24) is 20.8 Å². The third-order valence-corrected chi connectivity index (χ3v) is 8.16. The zero-order valence-corrected chi connectivity index (χ0v) is 20.3. The summed E-state index contributed by atoms with van der Waals surface area (Å²) in [5.41, 5.74) is 4.04. The highest BCUT2D eigenvalue weighted by atomic mass is 32.1. The molecule has 1 saturated carbocycles. The Hall–Kier alpha value is -3.47. The molecule has 7 nitrogen and oxygen atoms in total. The molecule has 0 radical (unpaired) electrons. The monoisotopic (exact) mass is 508 g/mol. The standard InChI is InChI=1S/C25H21FN4O3S2/c1-13(14-2-6-17(7-3-14)22(31)30-33)28-23(32)20-21(16-4-5-16)35-25(29-20)24-27-12-19(34-24)15-8-10-18(26)11-9-15/h2-3,6-13,16,33H,4-5H2,1H3,(H,28,32)(H,30,31)/t13-/m0/s1. The number of aromatic nitrogens is 2. The fourth-order valence-corrected chi connectivity index (χ4v) is 5.84. The van der Waals surface area contributed by atoms with Crippen molar-refractivity contribution in [2.75, 3.05) is 0 Å². The van der Waals surface area contributed by atoms with Gasteiger partial charge < -0.3 is 5.32 Å². The second kappa shape index (κ2) is 9.65. The number of nitrogens with zero attached hydrogens (tertiary/aromatic N) is 2. The van der Waals surface area contributed by atoms with Gasteiger partial charge in [0.25, 0.3) is 11.8 Å². The molecule has 2 heterocycles. The Morgan fingerprint density at radius 3 is 2.40 bits per heavy atom. The van der Waals surface area contributed by atoms with Gasteiger partial charge in [-0.15, -0.1) is 22.7 Å². The van der Waals surface area contributed by atoms with Gasteiger partial charge in [0.15, 0.2) is 10.0 Å². The van der Waals surface area contributed by atoms with Gasteiger partial charge in [0.05, 0.1) is 10.9 Å². The van der Waals surface area contributed by atoms with Gasteiger partial charge in [-0.1, -0.05) is 24.3 Å². The number of hydrogen-bond acceptors (Lipinski definition) is 7. The molecule has 4 aromatic rings. The first-order chi connectivity index (χ1) is 16.9. The van der Waals surface area contributed by atoms with E-state index in [-0.39, 0.29) is 17.8 Å². The van der Waals surface area contributed by atoms with E-state index in [1.54, 1.807) is 48.1 Å². The molecule has 5 rings (SSSR count). The number of amides is 2. The van der Waals surface area contributed by atoms with Crippen LogP contribution < -0.4 is 10.8 Å². The number of benzene rings is 2. The summed E-state index contributed by atoms with van der Waals surface area (Å²) in [5, 5.41) is 13.2. The van der Waals surface area contributed by atoms with Crippen molar-refractivity contribution in [1.29, 1.82) is 0 Å². The molecule has 0 saturated heterocycles. The highest BCUT2D eigenvalue weighted by Crippen LogP contribution is 2.47. The minimum Gasteiger partial charge on any atom is -0.344 e. The van der Waals surface area contributed by atoms with E-state index >= 15 is 0 Å². The number of hydroxylamine groups is 1. The summed E-state index contributed by atoms with van der Waals surface area (Å²) in [4.78, 5) is 35.8. The van der Waals surface area contributed by atoms with Crippen LogP contribution in [0.25, 0.3) is 20.5 Å². The predicted octanol–water partition coefficient (Wildman–Crippen LogP) is 5.56. The molecular formula is C25H21FN4O3S2. The van der Waals surface area contributed by atoms with Crippen LogP contribution >= 0.6 is 22.7 Å². The molecule has 0 aliphatic heterocycles. The molecular weight excluding hydrogens is 487 g/mol. The number of nitrogens with one attached hydrogen (secondary N) is 2. The highest BCUT2D eigenvalue weighted by Gasteiger charge is 2.33. The summed E-state index contributed by atoms with van der Waals surface area (Å²) in [6.07, 6.45) is 3.81. The second-order valence-electron chi connectivity index (χ2n) is 8.30. The molecule has 0 unspecified atom stereocenters. The molecule has 0 bridgehead atoms. The van der Waals surface area contributed by atoms with E-state index in [9.17, 15) is 14.0 Å². The van der Waals surface area contributed by atoms with Crippen LogP contribution in [0.2, 0.25) is 0 Å². The Labute approximate surface area is 208 Å². The van der Waals surface area contributed by atoms with Crippen molar-refractivity contribution in [2.24, 2.45) is 0 Å². The van der Waals surface area contributed by atoms with Crippen molar-refractivity contribution in [3.05, 3.63) is 82.2 Å². The lowest BCUT2D eigenvalue weighted by Crippen LogP contribution is -2.27. The summed E-state index contributed by atoms with van der Waals surface area (Å²) in [6.45, 7) is 1.86. The Kier molecular flexibility index (Phi) is 6.42. The molecule has 10 heteroatoms. The van der Waals surface area contributed by atoms with Gasteiger partial charge in [0, 0.05) is 16.6 Å². The van der Waals surface area contributed by atoms with Crippen LogP contribution in [-0.2, 0) is 0 Å². The van der Waals surface area contributed by atoms with Crippen molar-refractivity contribution < 1.29 is 19.2 Å². The molecule has 1 aliphatic rings. The fraction of sp³-hybridized carbons (Fsp3) is 0.200. The number of rotatable bonds is 7. The van der Waals surface area contributed by atoms with Crippen molar-refractivity contribution in [2.45, 2.75) is 31.7 Å². The van der Waals surface area contributed by atoms with Crippen LogP contribution in [0.15, 0.2) is 54.7 Å². The molecule has 3 N–H and O–H groups in total. The lowest BCUT2D eigenvalue weighted by Gasteiger charge is -2.14. The summed E-state index contributed by atoms with van der Waals surface area (Å²) in [7, 11) is 0. The molecule has 2 aromatic carbocycles. The topological polar surface area (TPSA) is 104 Å². The average Bonchev–Trinajstić information content (AvgIpc) is 3.42. The van der Waals surface area contributed by atoms with Gasteiger partial charge in [-0.05, 0) is 61.1 Å². The van der Waals surface area contributed by atoms with Crippen LogP contribution in [-0.4, -0.2) is 27.0 Å². The lowest BCUT2D eigenvalue weighted by molar-refractivity contribution is 0.0706. The molecule has 35 heavy (non-hydrogen) atoms. The molecule has 1 fully saturated rings. The van der Waals surface area contributed by atoms with E-state index in [2.05, 4.69) is 15.3 Å². The van der Waals surface area contributed by atoms with E-state index in [1.165, 1.54) is 34.8 Å². The maximum atomic E-state index is 13.3. The minimum absolute atomic E-state index is 0.255. The molecule has 178 valence electrons. The summed E-state index contributed by atoms with van der Waals surface area (Å²) < 4.78 is 13.3. The molecule has 1 atom stereocenters. The van der Waals surface area contributed by atoms with Gasteiger partial charge in [-0.2, -0.15) is 0 Å². The second-order valence-corrected chi connectivity index (χ2v) is 10.4. The molecule has 2 aromatic heterocycles. The van der Waals surface area contributed by atoms with Gasteiger partial charge >= 0.3 is 0 Å². The largest absolute Gasteiger partial charge is 0.344 e. The lowest BCUT2D eigenvalue weighted by atomic mass is 10.1. The van der Waals surface area contributed by atoms with E-state index in [0.717, 1.165) is 38.7 Å². The van der Waals surface area contributed by atoms with Crippen LogP contribution in [0, 0.1) is 5.82 Å². The number of hydrogen-bond donors (Lipinski definition) is 3. The van der Waals surface area contributed by atoms with Crippen LogP contribution in [0.1, 0.15) is 63.0 Å². The van der Waals surface area contributed by atoms with Crippen molar-refractivity contribution >= 4 is 34.5 Å². The number of thiazole rings is 2. The normalized spacial score (nSPS) is 13.9. The summed E-state index contributed by atoms with van der Waals surface area (Å²) >= 11 is 2.96. The number of halogens is 1. The zero-order chi connectivity index (χ0) is 24.5. The predicted molar refractivity (Wildman–Crippen MR) is 132 cm³/mol. The SMILES string of the molecule is C[C@H](NC(=O)c1nc(-c2ncc(-c3ccc(F)cc3)s2)sc1C1CC1)c1ccc(C(=O)NO)cc1. The Morgan fingerprint density at radius 1 is 1.03 bits per heavy atom. The molecule has 1 aliphatic carbocycles. The maximum absolute atomic E-state index is 13.3. The van der Waals surface area contributed by atoms with Crippen LogP contribution in [0.3, 0.4) is 0 Å². The number of carbonyl (C=O) groups excluding carboxylic acids is 2. The first-order valence-corrected chi connectivity index (χ1v) is 12.6. The van der Waals surface area contributed by atoms with Gasteiger partial charge in [-0.25, -0.2) is 19.8 Å². The van der Waals surface area contributed by atoms with Crippen LogP contribution in [0.5, 0.6) is 0 Å². The van der Waals surface area contributed by atoms with E-state index in [4.69, 9.17) is 5.21 Å². The van der Waals surface area contributed by atoms with Gasteiger partial charge in [0.1, 0.15) is 11.5 Å². The van der Waals surface area contributed by atoms with Crippen LogP contribution in [0.4, 0.5) is 4.39 Å². The quantitative estimate of drug-likeness (QED) is 0.224. The van der Waals surface area contributed by atoms with Crippen molar-refractivity contribution in [3.63, 3.8) is 0 Å². The molecule has 2 amide bonds. The molecule has 0 spiro atoms. The van der Waals surface area contributed by atoms with Gasteiger partial charge in [0.2, 0.25) is 0 Å². The Bertz CT molecular complexity index is 1380. The fourth-order valence-electron chi connectivity index (χ4n) is 3.66. The Balaban J connectivity index is 1.36. The zero-order valence-electron chi connectivity index (χ0n) is 18.6. The summed E-state index contributed by atoms with van der Waals surface area (Å²) in [5.74, 6) is -0.800. The number of carbonyl (C=O) groups is 2. The average molecular weight is 509 g/mol. The van der Waals surface area contributed by atoms with Crippen molar-refractivity contribution in [3.8, 4) is 20.5 Å². The Morgan fingerprint density at radius 2 is 1.74 bits per heavy atom. The minimum atomic E-state index is -0.595.